The van der Waals surface area contributed by atoms with Crippen LogP contribution in [0.2, 0.25) is 0 Å². The summed E-state index contributed by atoms with van der Waals surface area (Å²) in [6.45, 7) is 11.1. The fourth-order valence-corrected chi connectivity index (χ4v) is 2.83. The van der Waals surface area contributed by atoms with E-state index in [-0.39, 0.29) is 29.4 Å². The highest BCUT2D eigenvalue weighted by Gasteiger charge is 2.26. The molecule has 0 aromatic heterocycles. The van der Waals surface area contributed by atoms with Gasteiger partial charge in [0.2, 0.25) is 5.91 Å². The van der Waals surface area contributed by atoms with E-state index in [9.17, 15) is 14.4 Å². The second-order valence-electron chi connectivity index (χ2n) is 8.29. The predicted molar refractivity (Wildman–Crippen MR) is 107 cm³/mol. The van der Waals surface area contributed by atoms with E-state index in [1.807, 2.05) is 20.8 Å². The Morgan fingerprint density at radius 3 is 2.04 bits per heavy atom. The van der Waals surface area contributed by atoms with E-state index in [1.54, 1.807) is 32.9 Å². The lowest BCUT2D eigenvalue weighted by Gasteiger charge is -2.25. The lowest BCUT2D eigenvalue weighted by Crippen LogP contribution is -2.36. The van der Waals surface area contributed by atoms with Gasteiger partial charge in [-0.05, 0) is 38.5 Å². The van der Waals surface area contributed by atoms with Crippen molar-refractivity contribution in [3.05, 3.63) is 35.4 Å². The molecule has 0 fully saturated rings. The van der Waals surface area contributed by atoms with Gasteiger partial charge in [0.05, 0.1) is 11.0 Å². The summed E-state index contributed by atoms with van der Waals surface area (Å²) in [7, 11) is 0. The van der Waals surface area contributed by atoms with Gasteiger partial charge < -0.3 is 15.2 Å². The van der Waals surface area contributed by atoms with Crippen LogP contribution in [0.4, 0.5) is 0 Å². The maximum absolute atomic E-state index is 12.4. The first-order valence-electron chi connectivity index (χ1n) is 8.75. The fourth-order valence-electron chi connectivity index (χ4n) is 1.87. The number of carbonyl (C=O) groups excluding carboxylic acids is 2. The Kier molecular flexibility index (Phi) is 7.90. The smallest absolute Gasteiger partial charge is 0.335 e. The molecule has 6 nitrogen and oxygen atoms in total. The molecule has 0 aliphatic rings. The van der Waals surface area contributed by atoms with E-state index in [1.165, 1.54) is 23.9 Å². The van der Waals surface area contributed by atoms with Crippen LogP contribution in [0, 0.1) is 10.8 Å². The van der Waals surface area contributed by atoms with Crippen molar-refractivity contribution >= 4 is 29.6 Å². The van der Waals surface area contributed by atoms with Gasteiger partial charge >= 0.3 is 11.9 Å². The van der Waals surface area contributed by atoms with E-state index in [0.29, 0.717) is 5.75 Å². The number of amides is 1. The Bertz CT molecular complexity index is 671. The number of rotatable bonds is 7. The van der Waals surface area contributed by atoms with E-state index in [4.69, 9.17) is 9.84 Å². The topological polar surface area (TPSA) is 92.7 Å². The SMILES string of the molecule is CC(C)(C)C(=O)NC(SCCOC(=O)C(C)(C)C)c1ccc(C(=O)O)cc1. The summed E-state index contributed by atoms with van der Waals surface area (Å²) in [4.78, 5) is 35.2. The summed E-state index contributed by atoms with van der Waals surface area (Å²) < 4.78 is 5.27. The molecule has 2 N–H and O–H groups in total. The van der Waals surface area contributed by atoms with Gasteiger partial charge in [0.25, 0.3) is 0 Å². The zero-order chi connectivity index (χ0) is 20.8. The molecular weight excluding hydrogens is 366 g/mol. The third-order valence-corrected chi connectivity index (χ3v) is 4.74. The van der Waals surface area contributed by atoms with Crippen LogP contribution >= 0.6 is 11.8 Å². The molecule has 0 radical (unpaired) electrons. The minimum atomic E-state index is -1.00. The number of aromatic carboxylic acids is 1. The number of thioether (sulfide) groups is 1. The highest BCUT2D eigenvalue weighted by molar-refractivity contribution is 7.99. The molecule has 27 heavy (non-hydrogen) atoms. The Labute approximate surface area is 165 Å². The van der Waals surface area contributed by atoms with Crippen molar-refractivity contribution in [3.63, 3.8) is 0 Å². The average molecular weight is 396 g/mol. The number of hydrogen-bond acceptors (Lipinski definition) is 5. The van der Waals surface area contributed by atoms with Crippen molar-refractivity contribution in [1.29, 1.82) is 0 Å². The summed E-state index contributed by atoms with van der Waals surface area (Å²) in [5, 5.41) is 11.6. The highest BCUT2D eigenvalue weighted by atomic mass is 32.2. The van der Waals surface area contributed by atoms with Crippen LogP contribution in [0.25, 0.3) is 0 Å². The molecule has 0 bridgehead atoms. The lowest BCUT2D eigenvalue weighted by atomic mass is 9.95. The monoisotopic (exact) mass is 395 g/mol. The summed E-state index contributed by atoms with van der Waals surface area (Å²) in [6, 6.07) is 6.39. The molecule has 1 unspecified atom stereocenters. The Balaban J connectivity index is 2.81. The Morgan fingerprint density at radius 2 is 1.59 bits per heavy atom. The molecule has 1 rings (SSSR count). The van der Waals surface area contributed by atoms with Gasteiger partial charge in [-0.1, -0.05) is 32.9 Å². The van der Waals surface area contributed by atoms with Gasteiger partial charge in [-0.25, -0.2) is 4.79 Å². The third-order valence-electron chi connectivity index (χ3n) is 3.62. The standard InChI is InChI=1S/C20H29NO5S/c1-19(2,3)17(24)21-15(13-7-9-14(10-8-13)16(22)23)27-12-11-26-18(25)20(4,5)6/h7-10,15H,11-12H2,1-6H3,(H,21,24)(H,22,23). The molecule has 0 aliphatic carbocycles. The number of carbonyl (C=O) groups is 3. The van der Waals surface area contributed by atoms with E-state index in [0.717, 1.165) is 5.56 Å². The third kappa shape index (κ3) is 7.62. The Morgan fingerprint density at radius 1 is 1.04 bits per heavy atom. The second kappa shape index (κ2) is 9.26. The predicted octanol–water partition coefficient (Wildman–Crippen LogP) is 3.87. The number of nitrogens with one attached hydrogen (secondary N) is 1. The van der Waals surface area contributed by atoms with Gasteiger partial charge in [0.1, 0.15) is 12.0 Å². The number of esters is 1. The van der Waals surface area contributed by atoms with Crippen molar-refractivity contribution in [2.24, 2.45) is 10.8 Å². The lowest BCUT2D eigenvalue weighted by molar-refractivity contribution is -0.152. The quantitative estimate of drug-likeness (QED) is 0.414. The summed E-state index contributed by atoms with van der Waals surface area (Å²) in [5.41, 5.74) is -0.149. The minimum Gasteiger partial charge on any atom is -0.478 e. The van der Waals surface area contributed by atoms with Crippen molar-refractivity contribution in [2.45, 2.75) is 46.9 Å². The fraction of sp³-hybridized carbons (Fsp3) is 0.550. The van der Waals surface area contributed by atoms with Crippen LogP contribution in [0.1, 0.15) is 62.8 Å². The van der Waals surface area contributed by atoms with Gasteiger partial charge in [-0.2, -0.15) is 0 Å². The number of carboxylic acid groups (broad SMARTS) is 1. The van der Waals surface area contributed by atoms with Gasteiger partial charge in [0.15, 0.2) is 0 Å². The number of benzene rings is 1. The van der Waals surface area contributed by atoms with Crippen molar-refractivity contribution in [2.75, 3.05) is 12.4 Å². The van der Waals surface area contributed by atoms with Crippen molar-refractivity contribution < 1.29 is 24.2 Å². The van der Waals surface area contributed by atoms with E-state index >= 15 is 0 Å². The van der Waals surface area contributed by atoms with Crippen LogP contribution in [-0.4, -0.2) is 35.3 Å². The molecule has 0 spiro atoms. The highest BCUT2D eigenvalue weighted by Crippen LogP contribution is 2.28. The number of carboxylic acids is 1. The molecule has 1 amide bonds. The average Bonchev–Trinajstić information content (AvgIpc) is 2.55. The second-order valence-corrected chi connectivity index (χ2v) is 9.50. The molecule has 0 heterocycles. The molecule has 1 aromatic rings. The number of ether oxygens (including phenoxy) is 1. The minimum absolute atomic E-state index is 0.117. The molecule has 0 saturated carbocycles. The van der Waals surface area contributed by atoms with Crippen LogP contribution < -0.4 is 5.32 Å². The number of hydrogen-bond donors (Lipinski definition) is 2. The molecule has 150 valence electrons. The first-order chi connectivity index (χ1) is 12.3. The first-order valence-corrected chi connectivity index (χ1v) is 9.80. The largest absolute Gasteiger partial charge is 0.478 e. The zero-order valence-corrected chi connectivity index (χ0v) is 17.6. The molecule has 7 heteroatoms. The van der Waals surface area contributed by atoms with Crippen LogP contribution in [0.5, 0.6) is 0 Å². The zero-order valence-electron chi connectivity index (χ0n) is 16.8. The van der Waals surface area contributed by atoms with Crippen molar-refractivity contribution in [3.8, 4) is 0 Å². The maximum Gasteiger partial charge on any atom is 0.335 e. The van der Waals surface area contributed by atoms with E-state index in [2.05, 4.69) is 5.32 Å². The summed E-state index contributed by atoms with van der Waals surface area (Å²) in [5.74, 6) is -0.894. The summed E-state index contributed by atoms with van der Waals surface area (Å²) >= 11 is 1.43. The molecular formula is C20H29NO5S. The van der Waals surface area contributed by atoms with Gasteiger partial charge in [-0.15, -0.1) is 11.8 Å². The molecule has 1 aromatic carbocycles. The maximum atomic E-state index is 12.4. The molecule has 0 saturated heterocycles. The van der Waals surface area contributed by atoms with Crippen molar-refractivity contribution in [1.82, 2.24) is 5.32 Å². The molecule has 1 atom stereocenters. The first kappa shape index (κ1) is 23.0. The normalized spacial score (nSPS) is 13.0. The van der Waals surface area contributed by atoms with Crippen LogP contribution in [0.15, 0.2) is 24.3 Å². The van der Waals surface area contributed by atoms with E-state index < -0.39 is 16.8 Å². The molecule has 0 aliphatic heterocycles. The Hall–Kier alpha value is -2.02. The van der Waals surface area contributed by atoms with Crippen LogP contribution in [-0.2, 0) is 14.3 Å². The summed E-state index contributed by atoms with van der Waals surface area (Å²) in [6.07, 6.45) is 0. The van der Waals surface area contributed by atoms with Gasteiger partial charge in [-0.3, -0.25) is 9.59 Å². The van der Waals surface area contributed by atoms with Crippen LogP contribution in [0.3, 0.4) is 0 Å². The van der Waals surface area contributed by atoms with Gasteiger partial charge in [0, 0.05) is 11.2 Å².